The van der Waals surface area contributed by atoms with Gasteiger partial charge in [0.1, 0.15) is 12.2 Å². The summed E-state index contributed by atoms with van der Waals surface area (Å²) in [5.74, 6) is 0.328. The first-order valence-corrected chi connectivity index (χ1v) is 7.50. The third-order valence-electron chi connectivity index (χ3n) is 3.47. The smallest absolute Gasteiger partial charge is 0.256 e. The lowest BCUT2D eigenvalue weighted by Crippen LogP contribution is -2.41. The molecule has 0 bridgehead atoms. The maximum Gasteiger partial charge on any atom is 0.256 e. The Morgan fingerprint density at radius 3 is 2.64 bits per heavy atom. The summed E-state index contributed by atoms with van der Waals surface area (Å²) in [6.45, 7) is 4.83. The van der Waals surface area contributed by atoms with Crippen molar-refractivity contribution in [1.82, 2.24) is 4.98 Å². The van der Waals surface area contributed by atoms with Crippen molar-refractivity contribution in [2.45, 2.75) is 38.7 Å². The molecule has 1 atom stereocenters. The molecule has 1 rings (SSSR count). The second-order valence-electron chi connectivity index (χ2n) is 5.22. The van der Waals surface area contributed by atoms with Crippen LogP contribution in [0.1, 0.15) is 33.1 Å². The molecule has 0 aliphatic heterocycles. The van der Waals surface area contributed by atoms with Gasteiger partial charge in [0.05, 0.1) is 18.5 Å². The molecule has 0 radical (unpaired) electrons. The van der Waals surface area contributed by atoms with Gasteiger partial charge in [-0.25, -0.2) is 4.98 Å². The second-order valence-corrected chi connectivity index (χ2v) is 5.22. The molecule has 22 heavy (non-hydrogen) atoms. The number of anilines is 1. The number of carbonyl (C=O) groups is 1. The van der Waals surface area contributed by atoms with E-state index >= 15 is 0 Å². The molecule has 1 aromatic heterocycles. The standard InChI is InChI=1S/C16H26N2O4/c1-5-6-9-16(2,21-4)15(19)18-13-7-8-14(17-12-13)22-11-10-20-3/h7-8,12H,5-6,9-11H2,1-4H3,(H,18,19)/t16-/m0/s1. The zero-order chi connectivity index (χ0) is 16.4. The number of hydrogen-bond acceptors (Lipinski definition) is 5. The summed E-state index contributed by atoms with van der Waals surface area (Å²) in [7, 11) is 3.17. The number of aromatic nitrogens is 1. The summed E-state index contributed by atoms with van der Waals surface area (Å²) < 4.78 is 15.7. The van der Waals surface area contributed by atoms with E-state index in [2.05, 4.69) is 17.2 Å². The Bertz CT molecular complexity index is 450. The summed E-state index contributed by atoms with van der Waals surface area (Å²) in [5, 5.41) is 2.83. The molecular weight excluding hydrogens is 284 g/mol. The Kier molecular flexibility index (Phi) is 7.84. The number of rotatable bonds is 10. The molecule has 124 valence electrons. The van der Waals surface area contributed by atoms with Crippen LogP contribution in [0.15, 0.2) is 18.3 Å². The minimum atomic E-state index is -0.830. The average molecular weight is 310 g/mol. The van der Waals surface area contributed by atoms with Gasteiger partial charge in [-0.3, -0.25) is 4.79 Å². The second kappa shape index (κ2) is 9.38. The van der Waals surface area contributed by atoms with E-state index in [0.29, 0.717) is 31.2 Å². The molecule has 0 unspecified atom stereocenters. The molecule has 0 spiro atoms. The zero-order valence-electron chi connectivity index (χ0n) is 13.8. The lowest BCUT2D eigenvalue weighted by Gasteiger charge is -2.26. The van der Waals surface area contributed by atoms with Gasteiger partial charge in [0.25, 0.3) is 5.91 Å². The summed E-state index contributed by atoms with van der Waals surface area (Å²) in [6, 6.07) is 3.46. The maximum atomic E-state index is 12.4. The number of methoxy groups -OCH3 is 2. The summed E-state index contributed by atoms with van der Waals surface area (Å²) in [4.78, 5) is 16.5. The van der Waals surface area contributed by atoms with Crippen molar-refractivity contribution in [3.63, 3.8) is 0 Å². The van der Waals surface area contributed by atoms with Crippen LogP contribution in [0.3, 0.4) is 0 Å². The lowest BCUT2D eigenvalue weighted by atomic mass is 9.97. The number of nitrogens with one attached hydrogen (secondary N) is 1. The van der Waals surface area contributed by atoms with Crippen molar-refractivity contribution in [2.24, 2.45) is 0 Å². The largest absolute Gasteiger partial charge is 0.475 e. The van der Waals surface area contributed by atoms with Gasteiger partial charge in [0.15, 0.2) is 0 Å². The van der Waals surface area contributed by atoms with Crippen molar-refractivity contribution in [3.8, 4) is 5.88 Å². The minimum absolute atomic E-state index is 0.168. The highest BCUT2D eigenvalue weighted by atomic mass is 16.5. The van der Waals surface area contributed by atoms with Crippen LogP contribution in [-0.2, 0) is 14.3 Å². The number of carbonyl (C=O) groups excluding carboxylic acids is 1. The van der Waals surface area contributed by atoms with Crippen LogP contribution in [0.25, 0.3) is 0 Å². The first-order chi connectivity index (χ1) is 10.6. The Labute approximate surface area is 132 Å². The number of nitrogens with zero attached hydrogens (tertiary/aromatic N) is 1. The van der Waals surface area contributed by atoms with E-state index in [9.17, 15) is 4.79 Å². The van der Waals surface area contributed by atoms with Gasteiger partial charge in [0, 0.05) is 20.3 Å². The maximum absolute atomic E-state index is 12.4. The topological polar surface area (TPSA) is 69.7 Å². The van der Waals surface area contributed by atoms with E-state index in [1.807, 2.05) is 0 Å². The van der Waals surface area contributed by atoms with E-state index in [1.54, 1.807) is 39.5 Å². The summed E-state index contributed by atoms with van der Waals surface area (Å²) in [5.41, 5.74) is -0.215. The average Bonchev–Trinajstić information content (AvgIpc) is 2.54. The SMILES string of the molecule is CCCC[C@](C)(OC)C(=O)Nc1ccc(OCCOC)nc1. The van der Waals surface area contributed by atoms with Gasteiger partial charge in [-0.2, -0.15) is 0 Å². The molecular formula is C16H26N2O4. The molecule has 0 saturated heterocycles. The molecule has 1 N–H and O–H groups in total. The Morgan fingerprint density at radius 2 is 2.09 bits per heavy atom. The number of amides is 1. The zero-order valence-corrected chi connectivity index (χ0v) is 13.8. The molecule has 1 amide bonds. The summed E-state index contributed by atoms with van der Waals surface area (Å²) in [6.07, 6.45) is 4.19. The molecule has 1 heterocycles. The highest BCUT2D eigenvalue weighted by Gasteiger charge is 2.32. The molecule has 1 aromatic rings. The highest BCUT2D eigenvalue weighted by Crippen LogP contribution is 2.21. The van der Waals surface area contributed by atoms with Crippen LogP contribution in [0.4, 0.5) is 5.69 Å². The third kappa shape index (κ3) is 5.61. The van der Waals surface area contributed by atoms with Gasteiger partial charge in [-0.15, -0.1) is 0 Å². The monoisotopic (exact) mass is 310 g/mol. The van der Waals surface area contributed by atoms with Gasteiger partial charge in [-0.1, -0.05) is 19.8 Å². The Morgan fingerprint density at radius 1 is 1.32 bits per heavy atom. The molecule has 0 aromatic carbocycles. The molecule has 0 saturated carbocycles. The van der Waals surface area contributed by atoms with Crippen LogP contribution in [-0.4, -0.2) is 43.9 Å². The predicted molar refractivity (Wildman–Crippen MR) is 85.2 cm³/mol. The highest BCUT2D eigenvalue weighted by molar-refractivity contribution is 5.96. The van der Waals surface area contributed by atoms with E-state index in [1.165, 1.54) is 0 Å². The van der Waals surface area contributed by atoms with Gasteiger partial charge < -0.3 is 19.5 Å². The summed E-state index contributed by atoms with van der Waals surface area (Å²) >= 11 is 0. The van der Waals surface area contributed by atoms with Gasteiger partial charge in [-0.05, 0) is 19.4 Å². The Balaban J connectivity index is 2.59. The molecule has 0 aliphatic carbocycles. The van der Waals surface area contributed by atoms with Gasteiger partial charge in [0.2, 0.25) is 5.88 Å². The van der Waals surface area contributed by atoms with Crippen molar-refractivity contribution in [2.75, 3.05) is 32.8 Å². The van der Waals surface area contributed by atoms with Crippen molar-refractivity contribution >= 4 is 11.6 Å². The van der Waals surface area contributed by atoms with E-state index in [0.717, 1.165) is 12.8 Å². The fourth-order valence-electron chi connectivity index (χ4n) is 1.85. The molecule has 6 nitrogen and oxygen atoms in total. The first kappa shape index (κ1) is 18.4. The normalized spacial score (nSPS) is 13.5. The van der Waals surface area contributed by atoms with Crippen molar-refractivity contribution in [3.05, 3.63) is 18.3 Å². The van der Waals surface area contributed by atoms with Crippen LogP contribution in [0.2, 0.25) is 0 Å². The number of pyridine rings is 1. The minimum Gasteiger partial charge on any atom is -0.475 e. The van der Waals surface area contributed by atoms with Crippen molar-refractivity contribution < 1.29 is 19.0 Å². The van der Waals surface area contributed by atoms with Gasteiger partial charge >= 0.3 is 0 Å². The lowest BCUT2D eigenvalue weighted by molar-refractivity contribution is -0.136. The molecule has 6 heteroatoms. The van der Waals surface area contributed by atoms with E-state index in [4.69, 9.17) is 14.2 Å². The molecule has 0 fully saturated rings. The van der Waals surface area contributed by atoms with Crippen LogP contribution in [0.5, 0.6) is 5.88 Å². The van der Waals surface area contributed by atoms with Crippen LogP contribution < -0.4 is 10.1 Å². The van der Waals surface area contributed by atoms with Crippen LogP contribution in [0, 0.1) is 0 Å². The first-order valence-electron chi connectivity index (χ1n) is 7.50. The van der Waals surface area contributed by atoms with E-state index < -0.39 is 5.60 Å². The van der Waals surface area contributed by atoms with Crippen molar-refractivity contribution in [1.29, 1.82) is 0 Å². The number of ether oxygens (including phenoxy) is 3. The Hall–Kier alpha value is -1.66. The fourth-order valence-corrected chi connectivity index (χ4v) is 1.85. The predicted octanol–water partition coefficient (Wildman–Crippen LogP) is 2.64. The third-order valence-corrected chi connectivity index (χ3v) is 3.47. The number of hydrogen-bond donors (Lipinski definition) is 1. The fraction of sp³-hybridized carbons (Fsp3) is 0.625. The van der Waals surface area contributed by atoms with E-state index in [-0.39, 0.29) is 5.91 Å². The molecule has 0 aliphatic rings. The van der Waals surface area contributed by atoms with Crippen LogP contribution >= 0.6 is 0 Å². The number of unbranched alkanes of at least 4 members (excludes halogenated alkanes) is 1. The quantitative estimate of drug-likeness (QED) is 0.673.